The van der Waals surface area contributed by atoms with E-state index in [0.29, 0.717) is 17.9 Å². The first-order valence-corrected chi connectivity index (χ1v) is 10.9. The van der Waals surface area contributed by atoms with E-state index < -0.39 is 0 Å². The van der Waals surface area contributed by atoms with Crippen molar-refractivity contribution in [3.8, 4) is 11.5 Å². The first-order chi connectivity index (χ1) is 12.6. The highest BCUT2D eigenvalue weighted by atomic mass is 79.9. The lowest BCUT2D eigenvalue weighted by Crippen LogP contribution is -2.97. The van der Waals surface area contributed by atoms with Crippen LogP contribution in [0.15, 0.2) is 16.6 Å². The Labute approximate surface area is 164 Å². The molecule has 1 aromatic rings. The number of hydrogen-bond donors (Lipinski definition) is 2. The van der Waals surface area contributed by atoms with Crippen LogP contribution in [-0.2, 0) is 6.54 Å². The molecule has 0 spiro atoms. The molecule has 4 saturated carbocycles. The molecule has 0 aromatic heterocycles. The molecule has 5 heteroatoms. The normalized spacial score (nSPS) is 32.0. The van der Waals surface area contributed by atoms with Crippen LogP contribution in [0.5, 0.6) is 11.5 Å². The van der Waals surface area contributed by atoms with Gasteiger partial charge in [-0.2, -0.15) is 0 Å². The summed E-state index contributed by atoms with van der Waals surface area (Å²) in [7, 11) is 0. The molecule has 0 aliphatic heterocycles. The highest BCUT2D eigenvalue weighted by Gasteiger charge is 2.53. The quantitative estimate of drug-likeness (QED) is 0.673. The average Bonchev–Trinajstić information content (AvgIpc) is 2.59. The number of quaternary nitrogens is 1. The molecule has 1 aromatic carbocycles. The zero-order valence-electron chi connectivity index (χ0n) is 15.7. The highest BCUT2D eigenvalue weighted by molar-refractivity contribution is 9.10. The zero-order chi connectivity index (χ0) is 18.1. The van der Waals surface area contributed by atoms with Gasteiger partial charge < -0.3 is 19.9 Å². The topological polar surface area (TPSA) is 55.3 Å². The Kier molecular flexibility index (Phi) is 5.49. The molecule has 4 fully saturated rings. The predicted molar refractivity (Wildman–Crippen MR) is 104 cm³/mol. The number of aliphatic hydroxyl groups is 1. The maximum absolute atomic E-state index is 9.03. The first-order valence-electron chi connectivity index (χ1n) is 10.1. The Bertz CT molecular complexity index is 613. The molecule has 0 unspecified atom stereocenters. The van der Waals surface area contributed by atoms with Crippen molar-refractivity contribution in [3.63, 3.8) is 0 Å². The Morgan fingerprint density at radius 2 is 1.69 bits per heavy atom. The smallest absolute Gasteiger partial charge is 0.162 e. The summed E-state index contributed by atoms with van der Waals surface area (Å²) in [6, 6.07) is 4.10. The molecule has 4 bridgehead atoms. The molecule has 4 aliphatic rings. The fraction of sp³-hybridized carbons (Fsp3) is 0.714. The van der Waals surface area contributed by atoms with E-state index in [1.807, 2.05) is 13.0 Å². The molecule has 144 valence electrons. The third-order valence-electron chi connectivity index (χ3n) is 6.60. The van der Waals surface area contributed by atoms with Crippen LogP contribution in [0.4, 0.5) is 0 Å². The number of aliphatic hydroxyl groups excluding tert-OH is 1. The summed E-state index contributed by atoms with van der Waals surface area (Å²) in [5.41, 5.74) is 1.74. The molecular formula is C21H31BrNO3+. The van der Waals surface area contributed by atoms with E-state index in [9.17, 15) is 0 Å². The molecule has 0 atom stereocenters. The Balaban J connectivity index is 1.48. The summed E-state index contributed by atoms with van der Waals surface area (Å²) in [5.74, 6) is 4.42. The van der Waals surface area contributed by atoms with Crippen LogP contribution < -0.4 is 14.8 Å². The van der Waals surface area contributed by atoms with Crippen LogP contribution in [0.3, 0.4) is 0 Å². The molecule has 0 radical (unpaired) electrons. The molecule has 4 aliphatic carbocycles. The van der Waals surface area contributed by atoms with Crippen molar-refractivity contribution in [3.05, 3.63) is 22.2 Å². The van der Waals surface area contributed by atoms with E-state index >= 15 is 0 Å². The van der Waals surface area contributed by atoms with Gasteiger partial charge in [-0.1, -0.05) is 15.9 Å². The largest absolute Gasteiger partial charge is 0.490 e. The minimum absolute atomic E-state index is 0.00470. The van der Waals surface area contributed by atoms with Crippen molar-refractivity contribution < 1.29 is 19.9 Å². The fourth-order valence-electron chi connectivity index (χ4n) is 6.02. The molecule has 4 nitrogen and oxygen atoms in total. The molecule has 0 heterocycles. The second-order valence-electron chi connectivity index (χ2n) is 8.58. The summed E-state index contributed by atoms with van der Waals surface area (Å²) in [4.78, 5) is 0. The Hall–Kier alpha value is -0.780. The van der Waals surface area contributed by atoms with Gasteiger partial charge >= 0.3 is 0 Å². The van der Waals surface area contributed by atoms with Crippen molar-refractivity contribution in [2.24, 2.45) is 17.8 Å². The number of rotatable bonds is 8. The molecule has 0 amide bonds. The maximum Gasteiger partial charge on any atom is 0.162 e. The SMILES string of the molecule is CCOc1cc(C[NH2+]C23CC4CC(CC(C4)C2)C3)c(Br)cc1OCCO. The van der Waals surface area contributed by atoms with Gasteiger partial charge in [0.1, 0.15) is 13.2 Å². The van der Waals surface area contributed by atoms with Gasteiger partial charge in [0.05, 0.1) is 18.8 Å². The van der Waals surface area contributed by atoms with Gasteiger partial charge in [0.15, 0.2) is 11.5 Å². The van der Waals surface area contributed by atoms with E-state index in [-0.39, 0.29) is 13.2 Å². The average molecular weight is 425 g/mol. The van der Waals surface area contributed by atoms with E-state index in [4.69, 9.17) is 14.6 Å². The summed E-state index contributed by atoms with van der Waals surface area (Å²) >= 11 is 3.72. The number of ether oxygens (including phenoxy) is 2. The van der Waals surface area contributed by atoms with Crippen LogP contribution in [0.1, 0.15) is 51.0 Å². The van der Waals surface area contributed by atoms with E-state index in [1.165, 1.54) is 44.1 Å². The lowest BCUT2D eigenvalue weighted by Gasteiger charge is -2.54. The summed E-state index contributed by atoms with van der Waals surface area (Å²) in [6.45, 7) is 3.86. The Morgan fingerprint density at radius 3 is 2.27 bits per heavy atom. The van der Waals surface area contributed by atoms with Crippen LogP contribution in [-0.4, -0.2) is 30.5 Å². The first kappa shape index (κ1) is 18.6. The molecule has 26 heavy (non-hydrogen) atoms. The third kappa shape index (κ3) is 3.76. The third-order valence-corrected chi connectivity index (χ3v) is 7.34. The monoisotopic (exact) mass is 424 g/mol. The lowest BCUT2D eigenvalue weighted by atomic mass is 9.53. The fourth-order valence-corrected chi connectivity index (χ4v) is 6.51. The second kappa shape index (κ2) is 7.69. The Morgan fingerprint density at radius 1 is 1.08 bits per heavy atom. The van der Waals surface area contributed by atoms with E-state index in [0.717, 1.165) is 34.5 Å². The van der Waals surface area contributed by atoms with Gasteiger partial charge in [-0.3, -0.25) is 0 Å². The van der Waals surface area contributed by atoms with Crippen LogP contribution in [0, 0.1) is 17.8 Å². The summed E-state index contributed by atoms with van der Waals surface area (Å²) in [5, 5.41) is 11.7. The van der Waals surface area contributed by atoms with Gasteiger partial charge in [0.25, 0.3) is 0 Å². The lowest BCUT2D eigenvalue weighted by molar-refractivity contribution is -0.752. The van der Waals surface area contributed by atoms with Crippen molar-refractivity contribution in [1.29, 1.82) is 0 Å². The van der Waals surface area contributed by atoms with Crippen LogP contribution in [0.2, 0.25) is 0 Å². The van der Waals surface area contributed by atoms with Crippen LogP contribution in [0.25, 0.3) is 0 Å². The van der Waals surface area contributed by atoms with E-state index in [2.05, 4.69) is 27.3 Å². The summed E-state index contributed by atoms with van der Waals surface area (Å²) < 4.78 is 12.5. The number of halogens is 1. The molecular weight excluding hydrogens is 394 g/mol. The van der Waals surface area contributed by atoms with Crippen LogP contribution >= 0.6 is 15.9 Å². The second-order valence-corrected chi connectivity index (χ2v) is 9.44. The van der Waals surface area contributed by atoms with Crippen molar-refractivity contribution >= 4 is 15.9 Å². The number of nitrogens with two attached hydrogens (primary N) is 1. The van der Waals surface area contributed by atoms with Crippen molar-refractivity contribution in [1.82, 2.24) is 0 Å². The van der Waals surface area contributed by atoms with Gasteiger partial charge in [0, 0.05) is 29.3 Å². The predicted octanol–water partition coefficient (Wildman–Crippen LogP) is 3.25. The summed E-state index contributed by atoms with van der Waals surface area (Å²) in [6.07, 6.45) is 8.69. The molecule has 5 rings (SSSR count). The van der Waals surface area contributed by atoms with Crippen molar-refractivity contribution in [2.75, 3.05) is 19.8 Å². The molecule has 0 saturated heterocycles. The van der Waals surface area contributed by atoms with Gasteiger partial charge in [-0.25, -0.2) is 0 Å². The van der Waals surface area contributed by atoms with Gasteiger partial charge in [-0.15, -0.1) is 0 Å². The van der Waals surface area contributed by atoms with Gasteiger partial charge in [0.2, 0.25) is 0 Å². The van der Waals surface area contributed by atoms with Gasteiger partial charge in [-0.05, 0) is 56.1 Å². The minimum Gasteiger partial charge on any atom is -0.490 e. The van der Waals surface area contributed by atoms with E-state index in [1.54, 1.807) is 0 Å². The van der Waals surface area contributed by atoms with Crippen molar-refractivity contribution in [2.45, 2.75) is 57.5 Å². The minimum atomic E-state index is 0.00470. The highest BCUT2D eigenvalue weighted by Crippen LogP contribution is 2.54. The number of hydrogen-bond acceptors (Lipinski definition) is 3. The number of benzene rings is 1. The molecule has 3 N–H and O–H groups in total. The standard InChI is InChI=1S/C21H30BrNO3/c1-2-25-19-8-17(18(22)9-20(19)26-4-3-24)13-23-21-10-14-5-15(11-21)7-16(6-14)12-21/h8-9,14-16,23-24H,2-7,10-13H2,1H3/p+1. The zero-order valence-corrected chi connectivity index (χ0v) is 17.3. The maximum atomic E-state index is 9.03.